The van der Waals surface area contributed by atoms with Crippen LogP contribution in [0.3, 0.4) is 0 Å². The Hall–Kier alpha value is -3.67. The first-order valence-corrected chi connectivity index (χ1v) is 12.9. The Labute approximate surface area is 223 Å². The fourth-order valence-electron chi connectivity index (χ4n) is 5.26. The highest BCUT2D eigenvalue weighted by Gasteiger charge is 2.44. The number of hydrogen-bond acceptors (Lipinski definition) is 4. The molecule has 37 heavy (non-hydrogen) atoms. The molecule has 6 rings (SSSR count). The van der Waals surface area contributed by atoms with Gasteiger partial charge in [-0.25, -0.2) is 9.80 Å². The molecule has 4 aromatic rings. The summed E-state index contributed by atoms with van der Waals surface area (Å²) in [6.45, 7) is 0. The lowest BCUT2D eigenvalue weighted by molar-refractivity contribution is 0.0676. The Morgan fingerprint density at radius 3 is 2.43 bits per heavy atom. The number of carbonyl (C=O) groups excluding carboxylic acids is 1. The van der Waals surface area contributed by atoms with Crippen LogP contribution in [0.5, 0.6) is 0 Å². The number of hydrazone groups is 1. The number of hydrogen-bond donors (Lipinski definition) is 0. The molecule has 7 heteroatoms. The number of nitrogens with zero attached hydrogens (tertiary/aromatic N) is 2. The Kier molecular flexibility index (Phi) is 6.19. The summed E-state index contributed by atoms with van der Waals surface area (Å²) in [5.74, 6) is -0.489. The summed E-state index contributed by atoms with van der Waals surface area (Å²) in [7, 11) is 0. The number of carbonyl (C=O) groups is 1. The van der Waals surface area contributed by atoms with Crippen molar-refractivity contribution in [3.05, 3.63) is 122 Å². The third kappa shape index (κ3) is 4.50. The van der Waals surface area contributed by atoms with Crippen molar-refractivity contribution in [3.63, 3.8) is 0 Å². The lowest BCUT2D eigenvalue weighted by atomic mass is 9.77. The molecule has 2 heterocycles. The maximum absolute atomic E-state index is 13.9. The molecule has 2 atom stereocenters. The second-order valence-corrected chi connectivity index (χ2v) is 10.2. The zero-order valence-corrected chi connectivity index (χ0v) is 21.2. The Bertz CT molecular complexity index is 1620. The van der Waals surface area contributed by atoms with Crippen molar-refractivity contribution >= 4 is 51.9 Å². The Morgan fingerprint density at radius 1 is 0.973 bits per heavy atom. The molecule has 0 bridgehead atoms. The van der Waals surface area contributed by atoms with Crippen molar-refractivity contribution in [2.24, 2.45) is 11.0 Å². The molecule has 5 nitrogen and oxygen atoms in total. The number of allylic oxidation sites excluding steroid dienone is 1. The lowest BCUT2D eigenvalue weighted by Crippen LogP contribution is -2.34. The number of rotatable bonds is 3. The van der Waals surface area contributed by atoms with Crippen molar-refractivity contribution in [2.75, 3.05) is 0 Å². The number of halogens is 2. The molecule has 0 unspecified atom stereocenters. The summed E-state index contributed by atoms with van der Waals surface area (Å²) in [5, 5.41) is 8.31. The van der Waals surface area contributed by atoms with Crippen LogP contribution >= 0.6 is 23.2 Å². The Balaban J connectivity index is 1.46. The van der Waals surface area contributed by atoms with Crippen LogP contribution in [0, 0.1) is 5.92 Å². The van der Waals surface area contributed by atoms with Gasteiger partial charge in [0.25, 0.3) is 5.91 Å². The topological polar surface area (TPSA) is 62.9 Å². The molecule has 0 spiro atoms. The van der Waals surface area contributed by atoms with Gasteiger partial charge >= 0.3 is 5.63 Å². The van der Waals surface area contributed by atoms with Gasteiger partial charge in [-0.2, -0.15) is 5.10 Å². The molecule has 1 aliphatic carbocycles. The van der Waals surface area contributed by atoms with Gasteiger partial charge in [0, 0.05) is 21.3 Å². The largest absolute Gasteiger partial charge is 0.422 e. The number of fused-ring (bicyclic) bond motifs is 2. The summed E-state index contributed by atoms with van der Waals surface area (Å²) in [6.07, 6.45) is 4.80. The molecule has 1 aromatic heterocycles. The normalized spacial score (nSPS) is 20.2. The van der Waals surface area contributed by atoms with E-state index in [2.05, 4.69) is 6.08 Å². The lowest BCUT2D eigenvalue weighted by Gasteiger charge is -2.29. The molecule has 1 fully saturated rings. The summed E-state index contributed by atoms with van der Waals surface area (Å²) >= 11 is 12.2. The van der Waals surface area contributed by atoms with Crippen LogP contribution in [0.15, 0.2) is 98.7 Å². The molecule has 1 amide bonds. The molecular formula is C30H22Cl2N2O3. The van der Waals surface area contributed by atoms with Crippen LogP contribution in [0.4, 0.5) is 0 Å². The summed E-state index contributed by atoms with van der Waals surface area (Å²) < 4.78 is 5.47. The van der Waals surface area contributed by atoms with E-state index in [0.29, 0.717) is 21.0 Å². The molecular weight excluding hydrogens is 507 g/mol. The standard InChI is InChI=1S/C30H22Cl2N2O3/c31-22-12-8-18(9-13-22)16-21-5-3-6-24-27(21)33-34(28(24)19-10-14-23(32)15-11-19)29(35)25-17-20-4-1-2-7-26(20)37-30(25)36/h1-2,4,7-17,24,28H,3,5-6H2/b21-16-/t24-,28-/m1/s1. The fraction of sp³-hybridized carbons (Fsp3) is 0.167. The highest BCUT2D eigenvalue weighted by molar-refractivity contribution is 6.30. The molecule has 0 saturated heterocycles. The van der Waals surface area contributed by atoms with E-state index >= 15 is 0 Å². The van der Waals surface area contributed by atoms with E-state index in [0.717, 1.165) is 41.7 Å². The van der Waals surface area contributed by atoms with Gasteiger partial charge in [-0.1, -0.05) is 65.7 Å². The van der Waals surface area contributed by atoms with Crippen molar-refractivity contribution in [1.29, 1.82) is 0 Å². The fourth-order valence-corrected chi connectivity index (χ4v) is 5.51. The van der Waals surface area contributed by atoms with E-state index in [1.54, 1.807) is 18.2 Å². The first kappa shape index (κ1) is 23.7. The molecule has 1 saturated carbocycles. The molecule has 3 aromatic carbocycles. The maximum atomic E-state index is 13.9. The summed E-state index contributed by atoms with van der Waals surface area (Å²) in [4.78, 5) is 26.8. The van der Waals surface area contributed by atoms with E-state index < -0.39 is 11.5 Å². The maximum Gasteiger partial charge on any atom is 0.349 e. The third-order valence-electron chi connectivity index (χ3n) is 7.00. The first-order chi connectivity index (χ1) is 18.0. The average molecular weight is 529 g/mol. The number of amides is 1. The monoisotopic (exact) mass is 528 g/mol. The summed E-state index contributed by atoms with van der Waals surface area (Å²) in [5.41, 5.74) is 3.62. The SMILES string of the molecule is O=C(c1cc2ccccc2oc1=O)N1N=C2/C(=C\c3ccc(Cl)cc3)CCC[C@H]2[C@H]1c1ccc(Cl)cc1. The summed E-state index contributed by atoms with van der Waals surface area (Å²) in [6, 6.07) is 23.5. The van der Waals surface area contributed by atoms with Crippen LogP contribution in [0.2, 0.25) is 10.0 Å². The minimum Gasteiger partial charge on any atom is -0.422 e. The van der Waals surface area contributed by atoms with Crippen LogP contribution in [0.1, 0.15) is 46.8 Å². The van der Waals surface area contributed by atoms with Crippen molar-refractivity contribution in [2.45, 2.75) is 25.3 Å². The van der Waals surface area contributed by atoms with Gasteiger partial charge in [-0.05, 0) is 78.4 Å². The van der Waals surface area contributed by atoms with Gasteiger partial charge in [0.1, 0.15) is 11.1 Å². The van der Waals surface area contributed by atoms with Crippen LogP contribution in [0.25, 0.3) is 17.0 Å². The second-order valence-electron chi connectivity index (χ2n) is 9.34. The molecule has 0 N–H and O–H groups in total. The quantitative estimate of drug-likeness (QED) is 0.258. The zero-order valence-electron chi connectivity index (χ0n) is 19.7. The van der Waals surface area contributed by atoms with E-state index in [4.69, 9.17) is 32.7 Å². The molecule has 184 valence electrons. The predicted molar refractivity (Wildman–Crippen MR) is 147 cm³/mol. The van der Waals surface area contributed by atoms with Gasteiger partial charge in [0.2, 0.25) is 0 Å². The van der Waals surface area contributed by atoms with E-state index in [1.165, 1.54) is 5.01 Å². The first-order valence-electron chi connectivity index (χ1n) is 12.1. The minimum absolute atomic E-state index is 0.00933. The van der Waals surface area contributed by atoms with Crippen molar-refractivity contribution in [1.82, 2.24) is 5.01 Å². The van der Waals surface area contributed by atoms with Crippen LogP contribution < -0.4 is 5.63 Å². The van der Waals surface area contributed by atoms with Crippen molar-refractivity contribution < 1.29 is 9.21 Å². The average Bonchev–Trinajstić information content (AvgIpc) is 3.30. The predicted octanol–water partition coefficient (Wildman–Crippen LogP) is 7.54. The third-order valence-corrected chi connectivity index (χ3v) is 7.51. The van der Waals surface area contributed by atoms with Gasteiger partial charge in [-0.3, -0.25) is 4.79 Å². The van der Waals surface area contributed by atoms with E-state index in [-0.39, 0.29) is 17.5 Å². The number of benzene rings is 3. The zero-order chi connectivity index (χ0) is 25.5. The molecule has 1 aliphatic heterocycles. The highest BCUT2D eigenvalue weighted by Crippen LogP contribution is 2.45. The van der Waals surface area contributed by atoms with Gasteiger partial charge in [0.05, 0.1) is 11.8 Å². The second kappa shape index (κ2) is 9.66. The van der Waals surface area contributed by atoms with Crippen LogP contribution in [-0.2, 0) is 0 Å². The van der Waals surface area contributed by atoms with Gasteiger partial charge < -0.3 is 4.42 Å². The number of para-hydroxylation sites is 1. The van der Waals surface area contributed by atoms with E-state index in [1.807, 2.05) is 60.7 Å². The minimum atomic E-state index is -0.675. The Morgan fingerprint density at radius 2 is 1.68 bits per heavy atom. The smallest absolute Gasteiger partial charge is 0.349 e. The van der Waals surface area contributed by atoms with Crippen molar-refractivity contribution in [3.8, 4) is 0 Å². The highest BCUT2D eigenvalue weighted by atomic mass is 35.5. The van der Waals surface area contributed by atoms with Gasteiger partial charge in [-0.15, -0.1) is 0 Å². The van der Waals surface area contributed by atoms with Gasteiger partial charge in [0.15, 0.2) is 0 Å². The molecule has 2 aliphatic rings. The molecule has 0 radical (unpaired) electrons. The van der Waals surface area contributed by atoms with Crippen LogP contribution in [-0.4, -0.2) is 16.6 Å². The van der Waals surface area contributed by atoms with E-state index in [9.17, 15) is 9.59 Å².